The summed E-state index contributed by atoms with van der Waals surface area (Å²) >= 11 is 0. The summed E-state index contributed by atoms with van der Waals surface area (Å²) in [6.07, 6.45) is 0.570. The van der Waals surface area contributed by atoms with Crippen molar-refractivity contribution in [3.8, 4) is 0 Å². The fraction of sp³-hybridized carbons (Fsp3) is 0.368. The van der Waals surface area contributed by atoms with Crippen molar-refractivity contribution in [2.75, 3.05) is 6.61 Å². The van der Waals surface area contributed by atoms with E-state index in [2.05, 4.69) is 4.72 Å². The minimum absolute atomic E-state index is 0.0500. The predicted molar refractivity (Wildman–Crippen MR) is 94.6 cm³/mol. The van der Waals surface area contributed by atoms with E-state index in [9.17, 15) is 8.42 Å². The largest absolute Gasteiger partial charge is 0.371 e. The zero-order valence-electron chi connectivity index (χ0n) is 14.2. The van der Waals surface area contributed by atoms with E-state index in [0.717, 1.165) is 22.3 Å². The van der Waals surface area contributed by atoms with Crippen molar-refractivity contribution >= 4 is 10.0 Å². The van der Waals surface area contributed by atoms with Gasteiger partial charge in [0, 0.05) is 0 Å². The van der Waals surface area contributed by atoms with Gasteiger partial charge in [0.2, 0.25) is 10.0 Å². The minimum Gasteiger partial charge on any atom is -0.371 e. The van der Waals surface area contributed by atoms with E-state index in [-0.39, 0.29) is 12.1 Å². The summed E-state index contributed by atoms with van der Waals surface area (Å²) in [6, 6.07) is 13.4. The number of sulfonamides is 1. The van der Waals surface area contributed by atoms with Crippen molar-refractivity contribution in [1.29, 1.82) is 0 Å². The van der Waals surface area contributed by atoms with Crippen LogP contribution >= 0.6 is 0 Å². The molecule has 24 heavy (non-hydrogen) atoms. The van der Waals surface area contributed by atoms with Gasteiger partial charge in [-0.2, -0.15) is 0 Å². The molecular formula is C19H23NO3S. The molecule has 0 bridgehead atoms. The number of nitrogens with one attached hydrogen (secondary N) is 1. The van der Waals surface area contributed by atoms with Crippen LogP contribution in [0.2, 0.25) is 0 Å². The second-order valence-electron chi connectivity index (χ2n) is 6.52. The lowest BCUT2D eigenvalue weighted by Gasteiger charge is -2.19. The van der Waals surface area contributed by atoms with Gasteiger partial charge in [0.1, 0.15) is 0 Å². The van der Waals surface area contributed by atoms with Crippen molar-refractivity contribution in [2.45, 2.75) is 44.2 Å². The Morgan fingerprint density at radius 2 is 1.71 bits per heavy atom. The minimum atomic E-state index is -3.59. The second-order valence-corrected chi connectivity index (χ2v) is 8.17. The van der Waals surface area contributed by atoms with Crippen LogP contribution in [0, 0.1) is 20.8 Å². The standard InChI is InChI=1S/C19H23NO3S/c1-13-9-14(2)19(15(3)10-13)24(21,22)20-17(18-12-23-18)11-16-7-5-4-6-8-16/h4-10,17-18,20H,11-12H2,1-3H3/t17-,18+/m0/s1. The number of epoxide rings is 1. The lowest BCUT2D eigenvalue weighted by atomic mass is 10.0. The normalized spacial score (nSPS) is 18.4. The maximum atomic E-state index is 13.0. The topological polar surface area (TPSA) is 58.7 Å². The zero-order chi connectivity index (χ0) is 17.3. The summed E-state index contributed by atoms with van der Waals surface area (Å²) < 4.78 is 34.1. The van der Waals surface area contributed by atoms with Crippen LogP contribution in [0.5, 0.6) is 0 Å². The van der Waals surface area contributed by atoms with Gasteiger partial charge in [0.25, 0.3) is 0 Å². The summed E-state index contributed by atoms with van der Waals surface area (Å²) in [5.41, 5.74) is 3.71. The second kappa shape index (κ2) is 6.67. The van der Waals surface area contributed by atoms with E-state index in [4.69, 9.17) is 4.74 Å². The molecule has 128 valence electrons. The molecule has 1 fully saturated rings. The molecular weight excluding hydrogens is 322 g/mol. The molecule has 2 atom stereocenters. The van der Waals surface area contributed by atoms with Gasteiger partial charge in [0.15, 0.2) is 0 Å². The van der Waals surface area contributed by atoms with Crippen LogP contribution < -0.4 is 4.72 Å². The monoisotopic (exact) mass is 345 g/mol. The first-order chi connectivity index (χ1) is 11.4. The summed E-state index contributed by atoms with van der Waals surface area (Å²) in [4.78, 5) is 0.381. The SMILES string of the molecule is Cc1cc(C)c(S(=O)(=O)N[C@@H](Cc2ccccc2)[C@H]2CO2)c(C)c1. The summed E-state index contributed by atoms with van der Waals surface area (Å²) in [5, 5.41) is 0. The predicted octanol–water partition coefficient (Wildman–Crippen LogP) is 2.90. The summed E-state index contributed by atoms with van der Waals surface area (Å²) in [7, 11) is -3.59. The molecule has 1 aliphatic rings. The molecule has 0 saturated carbocycles. The molecule has 1 heterocycles. The Labute approximate surface area is 143 Å². The van der Waals surface area contributed by atoms with Crippen LogP contribution in [-0.2, 0) is 21.2 Å². The third-order valence-electron chi connectivity index (χ3n) is 4.29. The third-order valence-corrected chi connectivity index (χ3v) is 6.08. The number of ether oxygens (including phenoxy) is 1. The quantitative estimate of drug-likeness (QED) is 0.819. The van der Waals surface area contributed by atoms with Crippen molar-refractivity contribution in [3.05, 3.63) is 64.7 Å². The lowest BCUT2D eigenvalue weighted by Crippen LogP contribution is -2.40. The Hall–Kier alpha value is -1.69. The van der Waals surface area contributed by atoms with E-state index >= 15 is 0 Å². The molecule has 2 aromatic rings. The lowest BCUT2D eigenvalue weighted by molar-refractivity contribution is 0.359. The molecule has 0 aliphatic carbocycles. The maximum absolute atomic E-state index is 13.0. The fourth-order valence-corrected chi connectivity index (χ4v) is 4.97. The molecule has 1 aliphatic heterocycles. The van der Waals surface area contributed by atoms with E-state index in [1.54, 1.807) is 0 Å². The van der Waals surface area contributed by atoms with Gasteiger partial charge in [-0.15, -0.1) is 0 Å². The average molecular weight is 345 g/mol. The molecule has 4 nitrogen and oxygen atoms in total. The zero-order valence-corrected chi connectivity index (χ0v) is 15.1. The molecule has 0 unspecified atom stereocenters. The Kier molecular flexibility index (Phi) is 4.76. The molecule has 1 saturated heterocycles. The van der Waals surface area contributed by atoms with E-state index in [1.165, 1.54) is 0 Å². The highest BCUT2D eigenvalue weighted by molar-refractivity contribution is 7.89. The fourth-order valence-electron chi connectivity index (χ4n) is 3.25. The van der Waals surface area contributed by atoms with Gasteiger partial charge in [-0.25, -0.2) is 13.1 Å². The molecule has 0 spiro atoms. The molecule has 2 aromatic carbocycles. The number of hydrogen-bond acceptors (Lipinski definition) is 3. The van der Waals surface area contributed by atoms with Crippen LogP contribution in [-0.4, -0.2) is 27.2 Å². The molecule has 5 heteroatoms. The highest BCUT2D eigenvalue weighted by atomic mass is 32.2. The van der Waals surface area contributed by atoms with Crippen LogP contribution in [0.15, 0.2) is 47.4 Å². The highest BCUT2D eigenvalue weighted by Crippen LogP contribution is 2.25. The number of benzene rings is 2. The first-order valence-electron chi connectivity index (χ1n) is 8.12. The van der Waals surface area contributed by atoms with Gasteiger partial charge >= 0.3 is 0 Å². The Morgan fingerprint density at radius 3 is 2.25 bits per heavy atom. The third kappa shape index (κ3) is 3.86. The summed E-state index contributed by atoms with van der Waals surface area (Å²) in [6.45, 7) is 6.26. The van der Waals surface area contributed by atoms with Gasteiger partial charge in [-0.1, -0.05) is 48.0 Å². The molecule has 1 N–H and O–H groups in total. The van der Waals surface area contributed by atoms with Gasteiger partial charge in [-0.3, -0.25) is 0 Å². The van der Waals surface area contributed by atoms with Crippen molar-refractivity contribution in [1.82, 2.24) is 4.72 Å². The van der Waals surface area contributed by atoms with Gasteiger partial charge in [0.05, 0.1) is 23.6 Å². The van der Waals surface area contributed by atoms with Crippen LogP contribution in [0.1, 0.15) is 22.3 Å². The smallest absolute Gasteiger partial charge is 0.241 e. The molecule has 0 amide bonds. The van der Waals surface area contributed by atoms with Crippen LogP contribution in [0.25, 0.3) is 0 Å². The van der Waals surface area contributed by atoms with Gasteiger partial charge in [-0.05, 0) is 43.9 Å². The first kappa shape index (κ1) is 17.1. The van der Waals surface area contributed by atoms with E-state index < -0.39 is 10.0 Å². The number of hydrogen-bond donors (Lipinski definition) is 1. The maximum Gasteiger partial charge on any atom is 0.241 e. The number of rotatable bonds is 6. The Morgan fingerprint density at radius 1 is 1.12 bits per heavy atom. The molecule has 0 aromatic heterocycles. The Balaban J connectivity index is 1.87. The molecule has 0 radical (unpaired) electrons. The van der Waals surface area contributed by atoms with E-state index in [0.29, 0.717) is 17.9 Å². The number of aryl methyl sites for hydroxylation is 3. The summed E-state index contributed by atoms with van der Waals surface area (Å²) in [5.74, 6) is 0. The van der Waals surface area contributed by atoms with Crippen LogP contribution in [0.4, 0.5) is 0 Å². The van der Waals surface area contributed by atoms with Gasteiger partial charge < -0.3 is 4.74 Å². The highest BCUT2D eigenvalue weighted by Gasteiger charge is 2.36. The van der Waals surface area contributed by atoms with Crippen LogP contribution in [0.3, 0.4) is 0 Å². The molecule has 3 rings (SSSR count). The first-order valence-corrected chi connectivity index (χ1v) is 9.61. The van der Waals surface area contributed by atoms with Crippen molar-refractivity contribution < 1.29 is 13.2 Å². The van der Waals surface area contributed by atoms with Crippen molar-refractivity contribution in [3.63, 3.8) is 0 Å². The Bertz CT molecular complexity index is 804. The van der Waals surface area contributed by atoms with Crippen molar-refractivity contribution in [2.24, 2.45) is 0 Å². The average Bonchev–Trinajstić information content (AvgIpc) is 3.30. The van der Waals surface area contributed by atoms with E-state index in [1.807, 2.05) is 63.2 Å².